The Bertz CT molecular complexity index is 666. The van der Waals surface area contributed by atoms with E-state index in [1.54, 1.807) is 18.2 Å². The molecule has 2 rings (SSSR count). The number of aromatic hydroxyl groups is 2. The fraction of sp³-hybridized carbons (Fsp3) is 0.524. The molecule has 0 aromatic heterocycles. The third-order valence-electron chi connectivity index (χ3n) is 4.77. The molecule has 0 spiro atoms. The summed E-state index contributed by atoms with van der Waals surface area (Å²) in [6.07, 6.45) is 6.88. The zero-order chi connectivity index (χ0) is 19.5. The summed E-state index contributed by atoms with van der Waals surface area (Å²) in [6, 6.07) is 3.41. The number of allylic oxidation sites excluding steroid dienone is 3. The van der Waals surface area contributed by atoms with E-state index in [-0.39, 0.29) is 23.3 Å². The van der Waals surface area contributed by atoms with Crippen LogP contribution in [0.2, 0.25) is 0 Å². The second-order valence-corrected chi connectivity index (χ2v) is 6.71. The molecule has 23 heavy (non-hydrogen) atoms. The van der Waals surface area contributed by atoms with Crippen LogP contribution in [0.15, 0.2) is 35.9 Å². The number of aryl methyl sites for hydroxylation is 1. The third kappa shape index (κ3) is 4.19. The van der Waals surface area contributed by atoms with Gasteiger partial charge in [-0.3, -0.25) is 0 Å². The van der Waals surface area contributed by atoms with Crippen LogP contribution in [0.1, 0.15) is 74.0 Å². The molecular weight excluding hydrogens is 284 g/mol. The fourth-order valence-electron chi connectivity index (χ4n) is 3.49. The molecule has 1 aliphatic rings. The van der Waals surface area contributed by atoms with Crippen molar-refractivity contribution in [3.63, 3.8) is 0 Å². The van der Waals surface area contributed by atoms with Gasteiger partial charge >= 0.3 is 0 Å². The lowest BCUT2D eigenvalue weighted by Crippen LogP contribution is -2.17. The highest BCUT2D eigenvalue weighted by Crippen LogP contribution is 2.46. The van der Waals surface area contributed by atoms with E-state index in [1.165, 1.54) is 0 Å². The Kier molecular flexibility index (Phi) is 4.60. The monoisotopic (exact) mass is 317 g/mol. The van der Waals surface area contributed by atoms with Gasteiger partial charge in [0.05, 0.1) is 0 Å². The third-order valence-corrected chi connectivity index (χ3v) is 4.77. The van der Waals surface area contributed by atoms with Crippen LogP contribution in [0.3, 0.4) is 0 Å². The van der Waals surface area contributed by atoms with Crippen LogP contribution in [0.25, 0.3) is 0 Å². The quantitative estimate of drug-likeness (QED) is 0.510. The lowest BCUT2D eigenvalue weighted by atomic mass is 9.73. The highest BCUT2D eigenvalue weighted by Gasteiger charge is 2.29. The van der Waals surface area contributed by atoms with Crippen molar-refractivity contribution in [1.82, 2.24) is 0 Å². The topological polar surface area (TPSA) is 40.5 Å². The summed E-state index contributed by atoms with van der Waals surface area (Å²) in [5.41, 5.74) is 2.64. The molecule has 1 aromatic rings. The number of unbranched alkanes of at least 4 members (excludes halogenated alkanes) is 2. The first kappa shape index (κ1) is 13.7. The summed E-state index contributed by atoms with van der Waals surface area (Å²) in [6.45, 7) is 5.93. The summed E-state index contributed by atoms with van der Waals surface area (Å²) in [7, 11) is 0. The summed E-state index contributed by atoms with van der Waals surface area (Å²) in [5, 5.41) is 21.2. The first-order valence-corrected chi connectivity index (χ1v) is 8.56. The summed E-state index contributed by atoms with van der Waals surface area (Å²) in [5.74, 6) is -0.295. The van der Waals surface area contributed by atoms with E-state index >= 15 is 0 Å². The first-order chi connectivity index (χ1) is 12.1. The molecule has 2 atom stereocenters. The Labute approximate surface area is 144 Å². The summed E-state index contributed by atoms with van der Waals surface area (Å²) >= 11 is 0. The number of hydrogen-bond acceptors (Lipinski definition) is 2. The van der Waals surface area contributed by atoms with Gasteiger partial charge in [-0.1, -0.05) is 43.6 Å². The van der Waals surface area contributed by atoms with Crippen LogP contribution in [0.4, 0.5) is 0 Å². The van der Waals surface area contributed by atoms with Crippen LogP contribution in [-0.4, -0.2) is 10.2 Å². The normalized spacial score (nSPS) is 23.6. The van der Waals surface area contributed by atoms with E-state index in [2.05, 4.69) is 13.5 Å². The predicted octanol–water partition coefficient (Wildman–Crippen LogP) is 5.85. The molecule has 0 heterocycles. The average Bonchev–Trinajstić information content (AvgIpc) is 2.53. The maximum atomic E-state index is 10.6. The molecule has 0 bridgehead atoms. The van der Waals surface area contributed by atoms with Crippen LogP contribution < -0.4 is 0 Å². The Morgan fingerprint density at radius 3 is 2.57 bits per heavy atom. The van der Waals surface area contributed by atoms with Gasteiger partial charge in [-0.05, 0) is 63.1 Å². The molecule has 0 radical (unpaired) electrons. The van der Waals surface area contributed by atoms with Crippen LogP contribution in [0.5, 0.6) is 11.5 Å². The maximum Gasteiger partial charge on any atom is 0.123 e. The van der Waals surface area contributed by atoms with Crippen LogP contribution in [-0.2, 0) is 6.42 Å². The molecule has 1 aromatic carbocycles. The van der Waals surface area contributed by atoms with Gasteiger partial charge in [0.2, 0.25) is 0 Å². The Hall–Kier alpha value is -1.70. The first-order valence-electron chi connectivity index (χ1n) is 10.1. The Morgan fingerprint density at radius 1 is 1.30 bits per heavy atom. The van der Waals surface area contributed by atoms with Crippen molar-refractivity contribution in [2.75, 3.05) is 0 Å². The number of hydrogen-bond donors (Lipinski definition) is 2. The summed E-state index contributed by atoms with van der Waals surface area (Å²) < 4.78 is 23.1. The van der Waals surface area contributed by atoms with Gasteiger partial charge in [0.15, 0.2) is 0 Å². The standard InChI is InChI=1S/C21H30O2/c1-5-6-7-8-16-12-19(22)21(20(23)13-16)18-11-15(4)9-10-17(18)14(2)3/h11-13,17-18,22-23H,2,5-10H2,1,3-4H3/t17-,18?/m1/s1/i4D3. The highest BCUT2D eigenvalue weighted by atomic mass is 16.3. The molecule has 0 saturated heterocycles. The van der Waals surface area contributed by atoms with Crippen molar-refractivity contribution in [3.05, 3.63) is 47.1 Å². The lowest BCUT2D eigenvalue weighted by molar-refractivity contribution is 0.406. The second-order valence-electron chi connectivity index (χ2n) is 6.71. The van der Waals surface area contributed by atoms with Crippen molar-refractivity contribution >= 4 is 0 Å². The molecule has 1 unspecified atom stereocenters. The molecule has 1 aliphatic carbocycles. The fourth-order valence-corrected chi connectivity index (χ4v) is 3.49. The van der Waals surface area contributed by atoms with Crippen molar-refractivity contribution in [3.8, 4) is 11.5 Å². The van der Waals surface area contributed by atoms with E-state index in [9.17, 15) is 10.2 Å². The van der Waals surface area contributed by atoms with E-state index in [4.69, 9.17) is 4.11 Å². The number of phenols is 2. The number of phenolic OH excluding ortho intramolecular Hbond substituents is 2. The molecule has 2 N–H and O–H groups in total. The molecule has 0 aliphatic heterocycles. The van der Waals surface area contributed by atoms with Gasteiger partial charge in [0.1, 0.15) is 11.5 Å². The smallest absolute Gasteiger partial charge is 0.123 e. The zero-order valence-electron chi connectivity index (χ0n) is 17.2. The number of benzene rings is 1. The van der Waals surface area contributed by atoms with Crippen molar-refractivity contribution in [1.29, 1.82) is 0 Å². The largest absolute Gasteiger partial charge is 0.507 e. The SMILES string of the molecule is [2H]C([2H])([2H])C1=CC(c2c(O)cc(CCCCC)cc2O)[C@@H](C(=C)C)CC1. The summed E-state index contributed by atoms with van der Waals surface area (Å²) in [4.78, 5) is 0. The van der Waals surface area contributed by atoms with Gasteiger partial charge in [-0.15, -0.1) is 0 Å². The molecule has 0 amide bonds. The molecule has 2 heteroatoms. The highest BCUT2D eigenvalue weighted by molar-refractivity contribution is 5.51. The average molecular weight is 317 g/mol. The maximum absolute atomic E-state index is 10.6. The van der Waals surface area contributed by atoms with Crippen LogP contribution in [0, 0.1) is 5.92 Å². The molecule has 0 saturated carbocycles. The minimum atomic E-state index is -2.15. The zero-order valence-corrected chi connectivity index (χ0v) is 14.2. The van der Waals surface area contributed by atoms with Crippen molar-refractivity contribution < 1.29 is 14.3 Å². The molecule has 126 valence electrons. The minimum absolute atomic E-state index is 0.00356. The van der Waals surface area contributed by atoms with E-state index in [1.807, 2.05) is 6.92 Å². The second kappa shape index (κ2) is 7.72. The van der Waals surface area contributed by atoms with E-state index in [0.29, 0.717) is 24.0 Å². The molecule has 2 nitrogen and oxygen atoms in total. The minimum Gasteiger partial charge on any atom is -0.507 e. The van der Waals surface area contributed by atoms with Crippen molar-refractivity contribution in [2.24, 2.45) is 5.92 Å². The van der Waals surface area contributed by atoms with Gasteiger partial charge < -0.3 is 10.2 Å². The van der Waals surface area contributed by atoms with Crippen molar-refractivity contribution in [2.45, 2.75) is 65.1 Å². The van der Waals surface area contributed by atoms with E-state index < -0.39 is 6.85 Å². The predicted molar refractivity (Wildman–Crippen MR) is 97.0 cm³/mol. The number of rotatable bonds is 6. The molecule has 0 fully saturated rings. The van der Waals surface area contributed by atoms with Gasteiger partial charge in [-0.2, -0.15) is 0 Å². The Balaban J connectivity index is 2.43. The van der Waals surface area contributed by atoms with Crippen LogP contribution >= 0.6 is 0 Å². The van der Waals surface area contributed by atoms with E-state index in [0.717, 1.165) is 36.8 Å². The molecular formula is C21H30O2. The van der Waals surface area contributed by atoms with Gasteiger partial charge in [0.25, 0.3) is 0 Å². The van der Waals surface area contributed by atoms with Gasteiger partial charge in [0, 0.05) is 15.6 Å². The Morgan fingerprint density at radius 2 is 2.00 bits per heavy atom. The van der Waals surface area contributed by atoms with Gasteiger partial charge in [-0.25, -0.2) is 0 Å². The lowest BCUT2D eigenvalue weighted by Gasteiger charge is -2.31.